The first kappa shape index (κ1) is 10.3. The highest BCUT2D eigenvalue weighted by Gasteiger charge is 2.17. The van der Waals surface area contributed by atoms with Crippen LogP contribution in [0.15, 0.2) is 0 Å². The van der Waals surface area contributed by atoms with E-state index < -0.39 is 0 Å². The van der Waals surface area contributed by atoms with E-state index in [2.05, 4.69) is 0 Å². The molecule has 0 N–H and O–H groups in total. The molecule has 0 aromatic heterocycles. The van der Waals surface area contributed by atoms with E-state index in [0.717, 1.165) is 6.42 Å². The molecule has 1 atom stereocenters. The Labute approximate surface area is 68.0 Å². The van der Waals surface area contributed by atoms with Crippen LogP contribution in [-0.4, -0.2) is 11.6 Å². The zero-order chi connectivity index (χ0) is 8.85. The van der Waals surface area contributed by atoms with Gasteiger partial charge in [-0.3, -0.25) is 9.59 Å². The highest BCUT2D eigenvalue weighted by atomic mass is 16.1. The minimum Gasteiger partial charge on any atom is -0.299 e. The Balaban J connectivity index is 3.91. The zero-order valence-corrected chi connectivity index (χ0v) is 7.52. The van der Waals surface area contributed by atoms with Crippen molar-refractivity contribution >= 4 is 11.6 Å². The van der Waals surface area contributed by atoms with Gasteiger partial charge >= 0.3 is 0 Å². The summed E-state index contributed by atoms with van der Waals surface area (Å²) in [6, 6.07) is 0. The standard InChI is InChI=1S/C9H16O2/c1-4-6-9(11)7(3)8(10)5-2/h7H,4-6H2,1-3H3/t7-/m0/s1. The van der Waals surface area contributed by atoms with Crippen LogP contribution in [-0.2, 0) is 9.59 Å². The Morgan fingerprint density at radius 1 is 1.18 bits per heavy atom. The molecule has 0 aliphatic carbocycles. The third-order valence-corrected chi connectivity index (χ3v) is 1.81. The van der Waals surface area contributed by atoms with Crippen molar-refractivity contribution in [3.63, 3.8) is 0 Å². The zero-order valence-electron chi connectivity index (χ0n) is 7.52. The summed E-state index contributed by atoms with van der Waals surface area (Å²) in [4.78, 5) is 22.1. The van der Waals surface area contributed by atoms with Crippen LogP contribution >= 0.6 is 0 Å². The second kappa shape index (κ2) is 5.05. The maximum atomic E-state index is 11.1. The normalized spacial score (nSPS) is 12.6. The molecule has 0 bridgehead atoms. The molecule has 0 radical (unpaired) electrons. The van der Waals surface area contributed by atoms with E-state index in [4.69, 9.17) is 0 Å². The van der Waals surface area contributed by atoms with Crippen LogP contribution < -0.4 is 0 Å². The smallest absolute Gasteiger partial charge is 0.143 e. The number of rotatable bonds is 5. The van der Waals surface area contributed by atoms with Crippen LogP contribution in [0.2, 0.25) is 0 Å². The number of hydrogen-bond acceptors (Lipinski definition) is 2. The minimum atomic E-state index is -0.375. The fraction of sp³-hybridized carbons (Fsp3) is 0.778. The Bertz CT molecular complexity index is 150. The molecule has 0 rings (SSSR count). The van der Waals surface area contributed by atoms with Gasteiger partial charge in [0.2, 0.25) is 0 Å². The molecular weight excluding hydrogens is 140 g/mol. The summed E-state index contributed by atoms with van der Waals surface area (Å²) in [5, 5.41) is 0. The van der Waals surface area contributed by atoms with Crippen molar-refractivity contribution in [2.45, 2.75) is 40.0 Å². The van der Waals surface area contributed by atoms with Gasteiger partial charge in [0.1, 0.15) is 11.6 Å². The van der Waals surface area contributed by atoms with Crippen molar-refractivity contribution in [3.8, 4) is 0 Å². The molecule has 0 heterocycles. The molecule has 0 fully saturated rings. The predicted molar refractivity (Wildman–Crippen MR) is 44.4 cm³/mol. The lowest BCUT2D eigenvalue weighted by atomic mass is 9.97. The quantitative estimate of drug-likeness (QED) is 0.570. The largest absolute Gasteiger partial charge is 0.299 e. The maximum absolute atomic E-state index is 11.1. The van der Waals surface area contributed by atoms with Crippen LogP contribution in [0.1, 0.15) is 40.0 Å². The Morgan fingerprint density at radius 3 is 2.09 bits per heavy atom. The van der Waals surface area contributed by atoms with Crippen LogP contribution in [0, 0.1) is 5.92 Å². The summed E-state index contributed by atoms with van der Waals surface area (Å²) in [5.41, 5.74) is 0. The van der Waals surface area contributed by atoms with E-state index in [1.54, 1.807) is 13.8 Å². The van der Waals surface area contributed by atoms with Crippen LogP contribution in [0.4, 0.5) is 0 Å². The molecule has 11 heavy (non-hydrogen) atoms. The topological polar surface area (TPSA) is 34.1 Å². The Morgan fingerprint density at radius 2 is 1.73 bits per heavy atom. The number of hydrogen-bond donors (Lipinski definition) is 0. The van der Waals surface area contributed by atoms with Crippen LogP contribution in [0.25, 0.3) is 0 Å². The third-order valence-electron chi connectivity index (χ3n) is 1.81. The summed E-state index contributed by atoms with van der Waals surface area (Å²) < 4.78 is 0. The van der Waals surface area contributed by atoms with E-state index >= 15 is 0 Å². The molecule has 0 unspecified atom stereocenters. The summed E-state index contributed by atoms with van der Waals surface area (Å²) in [5.74, 6) is -0.234. The van der Waals surface area contributed by atoms with E-state index in [1.807, 2.05) is 6.92 Å². The van der Waals surface area contributed by atoms with Gasteiger partial charge in [-0.15, -0.1) is 0 Å². The highest BCUT2D eigenvalue weighted by molar-refractivity contribution is 6.01. The van der Waals surface area contributed by atoms with Crippen molar-refractivity contribution in [1.82, 2.24) is 0 Å². The number of ketones is 2. The summed E-state index contributed by atoms with van der Waals surface area (Å²) in [6.45, 7) is 5.43. The van der Waals surface area contributed by atoms with E-state index in [0.29, 0.717) is 12.8 Å². The van der Waals surface area contributed by atoms with E-state index in [9.17, 15) is 9.59 Å². The second-order valence-electron chi connectivity index (χ2n) is 2.76. The molecule has 64 valence electrons. The van der Waals surface area contributed by atoms with E-state index in [1.165, 1.54) is 0 Å². The monoisotopic (exact) mass is 156 g/mol. The van der Waals surface area contributed by atoms with Gasteiger partial charge in [-0.1, -0.05) is 13.8 Å². The van der Waals surface area contributed by atoms with Gasteiger partial charge in [-0.2, -0.15) is 0 Å². The molecule has 0 spiro atoms. The minimum absolute atomic E-state index is 0.0588. The van der Waals surface area contributed by atoms with Crippen molar-refractivity contribution in [2.75, 3.05) is 0 Å². The number of carbonyl (C=O) groups is 2. The second-order valence-corrected chi connectivity index (χ2v) is 2.76. The number of Topliss-reactive ketones (excluding diaryl/α,β-unsaturated/α-hetero) is 2. The predicted octanol–water partition coefficient (Wildman–Crippen LogP) is 1.97. The Hall–Kier alpha value is -0.660. The lowest BCUT2D eigenvalue weighted by Gasteiger charge is -2.05. The molecule has 0 aromatic carbocycles. The Kier molecular flexibility index (Phi) is 4.75. The van der Waals surface area contributed by atoms with Crippen molar-refractivity contribution in [1.29, 1.82) is 0 Å². The third kappa shape index (κ3) is 3.30. The molecule has 0 aliphatic rings. The molecule has 0 aliphatic heterocycles. The average molecular weight is 156 g/mol. The highest BCUT2D eigenvalue weighted by Crippen LogP contribution is 2.06. The lowest BCUT2D eigenvalue weighted by molar-refractivity contribution is -0.131. The fourth-order valence-electron chi connectivity index (χ4n) is 0.949. The fourth-order valence-corrected chi connectivity index (χ4v) is 0.949. The van der Waals surface area contributed by atoms with Gasteiger partial charge in [-0.25, -0.2) is 0 Å². The molecule has 2 nitrogen and oxygen atoms in total. The lowest BCUT2D eigenvalue weighted by Crippen LogP contribution is -2.19. The molecule has 0 saturated heterocycles. The number of carbonyl (C=O) groups excluding carboxylic acids is 2. The van der Waals surface area contributed by atoms with Crippen LogP contribution in [0.5, 0.6) is 0 Å². The SMILES string of the molecule is CCCC(=O)[C@@H](C)C(=O)CC. The van der Waals surface area contributed by atoms with Crippen molar-refractivity contribution in [3.05, 3.63) is 0 Å². The van der Waals surface area contributed by atoms with E-state index in [-0.39, 0.29) is 17.5 Å². The maximum Gasteiger partial charge on any atom is 0.143 e. The van der Waals surface area contributed by atoms with Crippen molar-refractivity contribution in [2.24, 2.45) is 5.92 Å². The van der Waals surface area contributed by atoms with Gasteiger partial charge in [0.25, 0.3) is 0 Å². The first-order valence-electron chi connectivity index (χ1n) is 4.18. The van der Waals surface area contributed by atoms with Gasteiger partial charge in [0, 0.05) is 12.8 Å². The molecular formula is C9H16O2. The molecule has 0 saturated carbocycles. The summed E-state index contributed by atoms with van der Waals surface area (Å²) >= 11 is 0. The average Bonchev–Trinajstić information content (AvgIpc) is 2.02. The summed E-state index contributed by atoms with van der Waals surface area (Å²) in [7, 11) is 0. The van der Waals surface area contributed by atoms with Gasteiger partial charge < -0.3 is 0 Å². The summed E-state index contributed by atoms with van der Waals surface area (Å²) in [6.07, 6.45) is 1.84. The van der Waals surface area contributed by atoms with Gasteiger partial charge in [0.15, 0.2) is 0 Å². The molecule has 2 heteroatoms. The first-order chi connectivity index (χ1) is 5.13. The molecule has 0 amide bonds. The first-order valence-corrected chi connectivity index (χ1v) is 4.18. The van der Waals surface area contributed by atoms with Crippen molar-refractivity contribution < 1.29 is 9.59 Å². The van der Waals surface area contributed by atoms with Gasteiger partial charge in [-0.05, 0) is 13.3 Å². The molecule has 0 aromatic rings. The van der Waals surface area contributed by atoms with Gasteiger partial charge in [0.05, 0.1) is 5.92 Å². The van der Waals surface area contributed by atoms with Crippen LogP contribution in [0.3, 0.4) is 0 Å².